The van der Waals surface area contributed by atoms with Crippen molar-refractivity contribution in [3.05, 3.63) is 53.7 Å². The zero-order chi connectivity index (χ0) is 20.0. The summed E-state index contributed by atoms with van der Waals surface area (Å²) in [5.41, 5.74) is 1.19. The smallest absolute Gasteiger partial charge is 0.216 e. The van der Waals surface area contributed by atoms with Crippen molar-refractivity contribution < 1.29 is 9.15 Å². The van der Waals surface area contributed by atoms with Crippen LogP contribution in [0.15, 0.2) is 45.9 Å². The molecule has 0 saturated carbocycles. The first-order chi connectivity index (χ1) is 13.5. The number of rotatable bonds is 6. The second kappa shape index (κ2) is 11.0. The highest BCUT2D eigenvalue weighted by Gasteiger charge is 2.29. The first kappa shape index (κ1) is 23.7. The van der Waals surface area contributed by atoms with Crippen molar-refractivity contribution in [2.45, 2.75) is 52.2 Å². The molecule has 1 saturated heterocycles. The molecule has 2 atom stereocenters. The summed E-state index contributed by atoms with van der Waals surface area (Å²) in [5.74, 6) is 2.70. The summed E-state index contributed by atoms with van der Waals surface area (Å²) in [4.78, 5) is 8.99. The van der Waals surface area contributed by atoms with Crippen molar-refractivity contribution in [2.75, 3.05) is 19.7 Å². The molecule has 0 bridgehead atoms. The largest absolute Gasteiger partial charge is 0.443 e. The predicted molar refractivity (Wildman–Crippen MR) is 127 cm³/mol. The maximum Gasteiger partial charge on any atom is 0.216 e. The zero-order valence-electron chi connectivity index (χ0n) is 17.8. The minimum absolute atomic E-state index is 0. The highest BCUT2D eigenvalue weighted by atomic mass is 127. The number of aromatic nitrogens is 1. The number of ether oxygens (including phenoxy) is 1. The topological polar surface area (TPSA) is 71.7 Å². The number of nitrogens with one attached hydrogen (secondary N) is 2. The van der Waals surface area contributed by atoms with Gasteiger partial charge in [0, 0.05) is 31.0 Å². The normalized spacial score (nSPS) is 19.7. The number of aliphatic imine (C=N–C) groups is 1. The molecule has 2 aromatic rings. The lowest BCUT2D eigenvalue weighted by molar-refractivity contribution is 0.0915. The molecular weight excluding hydrogens is 479 g/mol. The van der Waals surface area contributed by atoms with E-state index in [1.54, 1.807) is 6.20 Å². The molecule has 1 aliphatic heterocycles. The summed E-state index contributed by atoms with van der Waals surface area (Å²) in [6, 6.07) is 10.4. The van der Waals surface area contributed by atoms with Gasteiger partial charge in [-0.3, -0.25) is 0 Å². The summed E-state index contributed by atoms with van der Waals surface area (Å²) >= 11 is 0. The Morgan fingerprint density at radius 1 is 1.21 bits per heavy atom. The van der Waals surface area contributed by atoms with E-state index in [1.807, 2.05) is 6.07 Å². The van der Waals surface area contributed by atoms with Gasteiger partial charge >= 0.3 is 0 Å². The second-order valence-corrected chi connectivity index (χ2v) is 8.20. The van der Waals surface area contributed by atoms with Gasteiger partial charge in [-0.05, 0) is 18.9 Å². The molecule has 6 nitrogen and oxygen atoms in total. The van der Waals surface area contributed by atoms with Crippen molar-refractivity contribution in [3.63, 3.8) is 0 Å². The maximum atomic E-state index is 5.98. The Hall–Kier alpha value is -1.61. The van der Waals surface area contributed by atoms with Gasteiger partial charge in [0.05, 0.1) is 12.3 Å². The van der Waals surface area contributed by atoms with Crippen LogP contribution >= 0.6 is 24.0 Å². The van der Waals surface area contributed by atoms with Crippen LogP contribution in [-0.2, 0) is 16.7 Å². The average molecular weight is 512 g/mol. The number of benzene rings is 1. The molecule has 7 heteroatoms. The standard InChI is InChI=1S/C22H32N4O2.HI/c1-5-23-21(26-15-19-24-14-18(28-19)22(2,3)4)25-13-17-11-12-27-20(17)16-9-7-6-8-10-16;/h6-10,14,17,20H,5,11-13,15H2,1-4H3,(H2,23,25,26);1H. The number of oxazole rings is 1. The van der Waals surface area contributed by atoms with Crippen LogP contribution in [0.1, 0.15) is 57.4 Å². The first-order valence-corrected chi connectivity index (χ1v) is 10.1. The molecule has 0 amide bonds. The number of hydrogen-bond acceptors (Lipinski definition) is 4. The van der Waals surface area contributed by atoms with E-state index in [0.29, 0.717) is 18.4 Å². The van der Waals surface area contributed by atoms with Crippen molar-refractivity contribution in [1.29, 1.82) is 0 Å². The molecule has 0 aliphatic carbocycles. The van der Waals surface area contributed by atoms with E-state index >= 15 is 0 Å². The van der Waals surface area contributed by atoms with E-state index in [2.05, 4.69) is 72.6 Å². The van der Waals surface area contributed by atoms with Gasteiger partial charge in [0.2, 0.25) is 5.89 Å². The fourth-order valence-corrected chi connectivity index (χ4v) is 3.30. The lowest BCUT2D eigenvalue weighted by Crippen LogP contribution is -2.40. The SMILES string of the molecule is CCNC(=NCc1ncc(C(C)(C)C)o1)NCC1CCOC1c1ccccc1.I. The quantitative estimate of drug-likeness (QED) is 0.341. The molecule has 0 radical (unpaired) electrons. The van der Waals surface area contributed by atoms with Crippen LogP contribution in [0.4, 0.5) is 0 Å². The third-order valence-electron chi connectivity index (χ3n) is 4.88. The van der Waals surface area contributed by atoms with Crippen LogP contribution in [0.3, 0.4) is 0 Å². The lowest BCUT2D eigenvalue weighted by Gasteiger charge is -2.20. The summed E-state index contributed by atoms with van der Waals surface area (Å²) in [6.07, 6.45) is 2.98. The Kier molecular flexibility index (Phi) is 8.95. The van der Waals surface area contributed by atoms with E-state index in [1.165, 1.54) is 5.56 Å². The third-order valence-corrected chi connectivity index (χ3v) is 4.88. The van der Waals surface area contributed by atoms with E-state index in [4.69, 9.17) is 9.15 Å². The molecule has 2 heterocycles. The van der Waals surface area contributed by atoms with E-state index in [-0.39, 0.29) is 35.5 Å². The van der Waals surface area contributed by atoms with Gasteiger partial charge in [0.25, 0.3) is 0 Å². The second-order valence-electron chi connectivity index (χ2n) is 8.20. The van der Waals surface area contributed by atoms with Gasteiger partial charge in [-0.1, -0.05) is 51.1 Å². The van der Waals surface area contributed by atoms with Gasteiger partial charge in [0.15, 0.2) is 5.96 Å². The van der Waals surface area contributed by atoms with Crippen LogP contribution < -0.4 is 10.6 Å². The molecule has 2 N–H and O–H groups in total. The fraction of sp³-hybridized carbons (Fsp3) is 0.545. The van der Waals surface area contributed by atoms with Gasteiger partial charge in [-0.25, -0.2) is 9.98 Å². The Balaban J connectivity index is 0.00000300. The summed E-state index contributed by atoms with van der Waals surface area (Å²) in [5, 5.41) is 6.76. The van der Waals surface area contributed by atoms with Crippen LogP contribution in [0.5, 0.6) is 0 Å². The molecule has 160 valence electrons. The van der Waals surface area contributed by atoms with Gasteiger partial charge in [-0.2, -0.15) is 0 Å². The monoisotopic (exact) mass is 512 g/mol. The molecule has 0 spiro atoms. The summed E-state index contributed by atoms with van der Waals surface area (Å²) < 4.78 is 11.8. The lowest BCUT2D eigenvalue weighted by atomic mass is 9.94. The van der Waals surface area contributed by atoms with Crippen molar-refractivity contribution in [1.82, 2.24) is 15.6 Å². The van der Waals surface area contributed by atoms with E-state index in [9.17, 15) is 0 Å². The number of guanidine groups is 1. The Morgan fingerprint density at radius 2 is 1.97 bits per heavy atom. The highest BCUT2D eigenvalue weighted by Crippen LogP contribution is 2.33. The number of halogens is 1. The fourth-order valence-electron chi connectivity index (χ4n) is 3.30. The Bertz CT molecular complexity index is 771. The van der Waals surface area contributed by atoms with Crippen LogP contribution in [0.25, 0.3) is 0 Å². The number of nitrogens with zero attached hydrogens (tertiary/aromatic N) is 2. The molecule has 1 aliphatic rings. The van der Waals surface area contributed by atoms with Gasteiger partial charge in [0.1, 0.15) is 12.3 Å². The van der Waals surface area contributed by atoms with Crippen LogP contribution in [0.2, 0.25) is 0 Å². The zero-order valence-corrected chi connectivity index (χ0v) is 20.1. The van der Waals surface area contributed by atoms with Crippen LogP contribution in [0, 0.1) is 5.92 Å². The molecular formula is C22H33IN4O2. The first-order valence-electron chi connectivity index (χ1n) is 10.1. The third kappa shape index (κ3) is 6.70. The van der Waals surface area contributed by atoms with Crippen molar-refractivity contribution >= 4 is 29.9 Å². The van der Waals surface area contributed by atoms with Gasteiger partial charge < -0.3 is 19.8 Å². The Labute approximate surface area is 190 Å². The number of hydrogen-bond donors (Lipinski definition) is 2. The highest BCUT2D eigenvalue weighted by molar-refractivity contribution is 14.0. The molecule has 1 aromatic heterocycles. The summed E-state index contributed by atoms with van der Waals surface area (Å²) in [6.45, 7) is 11.2. The van der Waals surface area contributed by atoms with E-state index < -0.39 is 0 Å². The molecule has 2 unspecified atom stereocenters. The molecule has 29 heavy (non-hydrogen) atoms. The van der Waals surface area contributed by atoms with Crippen molar-refractivity contribution in [2.24, 2.45) is 10.9 Å². The maximum absolute atomic E-state index is 5.98. The minimum Gasteiger partial charge on any atom is -0.443 e. The molecule has 1 fully saturated rings. The van der Waals surface area contributed by atoms with Crippen molar-refractivity contribution in [3.8, 4) is 0 Å². The Morgan fingerprint density at radius 3 is 2.62 bits per heavy atom. The van der Waals surface area contributed by atoms with Gasteiger partial charge in [-0.15, -0.1) is 24.0 Å². The molecule has 3 rings (SSSR count). The minimum atomic E-state index is -0.0490. The van der Waals surface area contributed by atoms with E-state index in [0.717, 1.165) is 37.8 Å². The predicted octanol–water partition coefficient (Wildman–Crippen LogP) is 4.42. The molecule has 1 aromatic carbocycles. The van der Waals surface area contributed by atoms with Crippen LogP contribution in [-0.4, -0.2) is 30.6 Å². The summed E-state index contributed by atoms with van der Waals surface area (Å²) in [7, 11) is 0. The average Bonchev–Trinajstić information content (AvgIpc) is 3.34.